The highest BCUT2D eigenvalue weighted by molar-refractivity contribution is 7.99. The Hall–Kier alpha value is -0.740. The van der Waals surface area contributed by atoms with E-state index >= 15 is 0 Å². The second kappa shape index (κ2) is 6.43. The largest absolute Gasteiger partial charge is 0.508 e. The van der Waals surface area contributed by atoms with Crippen molar-refractivity contribution in [2.24, 2.45) is 0 Å². The SMILES string of the molecule is CSC1CCC(NCc2cc(O)cc(F)c2)CC1. The minimum absolute atomic E-state index is 0.00195. The number of phenolic OH excluding ortho intramolecular Hbond substituents is 1. The fourth-order valence-electron chi connectivity index (χ4n) is 2.50. The molecule has 0 saturated heterocycles. The summed E-state index contributed by atoms with van der Waals surface area (Å²) in [6.45, 7) is 0.625. The molecule has 0 aromatic heterocycles. The van der Waals surface area contributed by atoms with E-state index in [1.165, 1.54) is 31.7 Å². The lowest BCUT2D eigenvalue weighted by Crippen LogP contribution is -2.33. The van der Waals surface area contributed by atoms with E-state index in [9.17, 15) is 9.50 Å². The van der Waals surface area contributed by atoms with Gasteiger partial charge < -0.3 is 10.4 Å². The number of thioether (sulfide) groups is 1. The van der Waals surface area contributed by atoms with Gasteiger partial charge in [0.15, 0.2) is 0 Å². The van der Waals surface area contributed by atoms with E-state index in [0.717, 1.165) is 16.9 Å². The lowest BCUT2D eigenvalue weighted by atomic mass is 9.95. The molecule has 0 radical (unpaired) electrons. The molecule has 0 unspecified atom stereocenters. The van der Waals surface area contributed by atoms with Crippen LogP contribution < -0.4 is 5.32 Å². The number of rotatable bonds is 4. The van der Waals surface area contributed by atoms with Gasteiger partial charge in [0.25, 0.3) is 0 Å². The van der Waals surface area contributed by atoms with Crippen LogP contribution in [0.5, 0.6) is 5.75 Å². The zero-order chi connectivity index (χ0) is 13.0. The molecule has 1 aromatic carbocycles. The summed E-state index contributed by atoms with van der Waals surface area (Å²) < 4.78 is 13.1. The van der Waals surface area contributed by atoms with E-state index in [4.69, 9.17) is 0 Å². The molecular weight excluding hydrogens is 249 g/mol. The molecule has 100 valence electrons. The number of benzene rings is 1. The van der Waals surface area contributed by atoms with E-state index < -0.39 is 0 Å². The molecule has 1 aromatic rings. The first-order valence-corrected chi connectivity index (χ1v) is 7.71. The predicted octanol–water partition coefficient (Wildman–Crippen LogP) is 3.30. The molecule has 0 bridgehead atoms. The molecule has 1 aliphatic carbocycles. The number of nitrogens with one attached hydrogen (secondary N) is 1. The van der Waals surface area contributed by atoms with Crippen molar-refractivity contribution in [2.45, 2.75) is 43.5 Å². The van der Waals surface area contributed by atoms with Gasteiger partial charge in [-0.3, -0.25) is 0 Å². The minimum atomic E-state index is -0.377. The standard InChI is InChI=1S/C14H20FNOS/c1-18-14-4-2-12(3-5-14)16-9-10-6-11(15)8-13(17)7-10/h6-8,12,14,16-17H,2-5,9H2,1H3. The first-order valence-electron chi connectivity index (χ1n) is 6.42. The van der Waals surface area contributed by atoms with Crippen molar-refractivity contribution in [3.05, 3.63) is 29.6 Å². The molecule has 0 spiro atoms. The molecule has 0 amide bonds. The van der Waals surface area contributed by atoms with E-state index in [0.29, 0.717) is 12.6 Å². The van der Waals surface area contributed by atoms with Crippen molar-refractivity contribution in [3.63, 3.8) is 0 Å². The Balaban J connectivity index is 1.81. The Kier molecular flexibility index (Phi) is 4.89. The molecule has 0 aliphatic heterocycles. The third kappa shape index (κ3) is 3.89. The second-order valence-electron chi connectivity index (χ2n) is 4.91. The summed E-state index contributed by atoms with van der Waals surface area (Å²) >= 11 is 1.96. The van der Waals surface area contributed by atoms with Gasteiger partial charge in [-0.25, -0.2) is 4.39 Å². The molecule has 2 rings (SSSR count). The molecule has 2 nitrogen and oxygen atoms in total. The van der Waals surface area contributed by atoms with Crippen molar-refractivity contribution in [3.8, 4) is 5.75 Å². The van der Waals surface area contributed by atoms with Crippen LogP contribution >= 0.6 is 11.8 Å². The molecule has 18 heavy (non-hydrogen) atoms. The summed E-state index contributed by atoms with van der Waals surface area (Å²) in [5, 5.41) is 13.6. The number of hydrogen-bond donors (Lipinski definition) is 2. The minimum Gasteiger partial charge on any atom is -0.508 e. The molecule has 1 saturated carbocycles. The van der Waals surface area contributed by atoms with E-state index in [1.807, 2.05) is 11.8 Å². The summed E-state index contributed by atoms with van der Waals surface area (Å²) in [5.74, 6) is -0.379. The van der Waals surface area contributed by atoms with E-state index in [2.05, 4.69) is 11.6 Å². The molecular formula is C14H20FNOS. The maximum Gasteiger partial charge on any atom is 0.127 e. The van der Waals surface area contributed by atoms with Gasteiger partial charge >= 0.3 is 0 Å². The van der Waals surface area contributed by atoms with Crippen LogP contribution in [-0.4, -0.2) is 22.7 Å². The number of hydrogen-bond acceptors (Lipinski definition) is 3. The van der Waals surface area contributed by atoms with Gasteiger partial charge in [-0.1, -0.05) is 0 Å². The van der Waals surface area contributed by atoms with Gasteiger partial charge in [0.05, 0.1) is 0 Å². The van der Waals surface area contributed by atoms with Crippen LogP contribution in [0.4, 0.5) is 4.39 Å². The lowest BCUT2D eigenvalue weighted by molar-refractivity contribution is 0.378. The van der Waals surface area contributed by atoms with Crippen LogP contribution in [0.15, 0.2) is 18.2 Å². The second-order valence-corrected chi connectivity index (χ2v) is 6.05. The summed E-state index contributed by atoms with van der Waals surface area (Å²) in [5.41, 5.74) is 0.805. The third-order valence-corrected chi connectivity index (χ3v) is 4.68. The highest BCUT2D eigenvalue weighted by Crippen LogP contribution is 2.27. The maximum absolute atomic E-state index is 13.1. The molecule has 2 N–H and O–H groups in total. The quantitative estimate of drug-likeness (QED) is 0.879. The molecule has 1 aliphatic rings. The predicted molar refractivity (Wildman–Crippen MR) is 74.5 cm³/mol. The summed E-state index contributed by atoms with van der Waals surface area (Å²) in [6.07, 6.45) is 7.06. The first kappa shape index (κ1) is 13.7. The van der Waals surface area contributed by atoms with Gasteiger partial charge in [-0.2, -0.15) is 11.8 Å². The van der Waals surface area contributed by atoms with E-state index in [-0.39, 0.29) is 11.6 Å². The van der Waals surface area contributed by atoms with Crippen molar-refractivity contribution in [2.75, 3.05) is 6.26 Å². The fraction of sp³-hybridized carbons (Fsp3) is 0.571. The van der Waals surface area contributed by atoms with Crippen LogP contribution in [-0.2, 0) is 6.54 Å². The van der Waals surface area contributed by atoms with Crippen LogP contribution in [0.2, 0.25) is 0 Å². The molecule has 1 fully saturated rings. The normalized spacial score (nSPS) is 24.1. The summed E-state index contributed by atoms with van der Waals surface area (Å²) in [7, 11) is 0. The van der Waals surface area contributed by atoms with Crippen molar-refractivity contribution >= 4 is 11.8 Å². The monoisotopic (exact) mass is 269 g/mol. The van der Waals surface area contributed by atoms with Gasteiger partial charge in [0.2, 0.25) is 0 Å². The average Bonchev–Trinajstić information content (AvgIpc) is 2.36. The van der Waals surface area contributed by atoms with Crippen molar-refractivity contribution in [1.29, 1.82) is 0 Å². The zero-order valence-electron chi connectivity index (χ0n) is 10.7. The van der Waals surface area contributed by atoms with E-state index in [1.54, 1.807) is 6.07 Å². The molecule has 4 heteroatoms. The van der Waals surface area contributed by atoms with Crippen LogP contribution in [0, 0.1) is 5.82 Å². The maximum atomic E-state index is 13.1. The topological polar surface area (TPSA) is 32.3 Å². The Morgan fingerprint density at radius 2 is 2.00 bits per heavy atom. The number of phenols is 1. The average molecular weight is 269 g/mol. The van der Waals surface area contributed by atoms with Gasteiger partial charge in [-0.15, -0.1) is 0 Å². The zero-order valence-corrected chi connectivity index (χ0v) is 11.5. The van der Waals surface area contributed by atoms with Crippen LogP contribution in [0.1, 0.15) is 31.2 Å². The Bertz CT molecular complexity index is 371. The third-order valence-electron chi connectivity index (χ3n) is 3.54. The molecule has 0 atom stereocenters. The molecule has 0 heterocycles. The summed E-state index contributed by atoms with van der Waals surface area (Å²) in [4.78, 5) is 0. The Morgan fingerprint density at radius 3 is 2.61 bits per heavy atom. The van der Waals surface area contributed by atoms with Gasteiger partial charge in [0.1, 0.15) is 11.6 Å². The number of halogens is 1. The highest BCUT2D eigenvalue weighted by Gasteiger charge is 2.19. The first-order chi connectivity index (χ1) is 8.67. The fourth-order valence-corrected chi connectivity index (χ4v) is 3.24. The van der Waals surface area contributed by atoms with Gasteiger partial charge in [0, 0.05) is 23.9 Å². The summed E-state index contributed by atoms with van der Waals surface area (Å²) in [6, 6.07) is 4.75. The van der Waals surface area contributed by atoms with Crippen LogP contribution in [0.25, 0.3) is 0 Å². The van der Waals surface area contributed by atoms with Gasteiger partial charge in [-0.05, 0) is 49.6 Å². The number of aromatic hydroxyl groups is 1. The lowest BCUT2D eigenvalue weighted by Gasteiger charge is -2.28. The van der Waals surface area contributed by atoms with Crippen molar-refractivity contribution in [1.82, 2.24) is 5.32 Å². The van der Waals surface area contributed by atoms with Crippen molar-refractivity contribution < 1.29 is 9.50 Å². The Labute approximate surface area is 112 Å². The highest BCUT2D eigenvalue weighted by atomic mass is 32.2. The Morgan fingerprint density at radius 1 is 1.28 bits per heavy atom. The van der Waals surface area contributed by atoms with Crippen LogP contribution in [0.3, 0.4) is 0 Å². The smallest absolute Gasteiger partial charge is 0.127 e.